The van der Waals surface area contributed by atoms with Crippen molar-refractivity contribution in [2.45, 2.75) is 18.3 Å². The van der Waals surface area contributed by atoms with Crippen molar-refractivity contribution < 1.29 is 0 Å². The molecule has 1 heterocycles. The first-order valence-electron chi connectivity index (χ1n) is 6.11. The number of hydrogen-bond donors (Lipinski definition) is 0. The summed E-state index contributed by atoms with van der Waals surface area (Å²) < 4.78 is 0. The van der Waals surface area contributed by atoms with Crippen molar-refractivity contribution in [2.24, 2.45) is 0 Å². The highest BCUT2D eigenvalue weighted by atomic mass is 14.7. The number of benzene rings is 1. The minimum Gasteiger partial charge on any atom is -0.256 e. The Bertz CT molecular complexity index is 613. The van der Waals surface area contributed by atoms with Gasteiger partial charge in [0.2, 0.25) is 0 Å². The van der Waals surface area contributed by atoms with Gasteiger partial charge in [-0.15, -0.1) is 0 Å². The molecule has 2 aliphatic rings. The van der Waals surface area contributed by atoms with Crippen molar-refractivity contribution in [3.8, 4) is 11.3 Å². The van der Waals surface area contributed by atoms with E-state index in [1.54, 1.807) is 0 Å². The lowest BCUT2D eigenvalue weighted by atomic mass is 9.56. The highest BCUT2D eigenvalue weighted by molar-refractivity contribution is 5.73. The van der Waals surface area contributed by atoms with Crippen LogP contribution >= 0.6 is 0 Å². The van der Waals surface area contributed by atoms with Gasteiger partial charge in [0.05, 0.1) is 5.69 Å². The molecule has 0 amide bonds. The third kappa shape index (κ3) is 1.11. The van der Waals surface area contributed by atoms with E-state index in [1.807, 2.05) is 12.3 Å². The van der Waals surface area contributed by atoms with Crippen LogP contribution in [0.4, 0.5) is 0 Å². The first kappa shape index (κ1) is 9.17. The smallest absolute Gasteiger partial charge is 0.0705 e. The summed E-state index contributed by atoms with van der Waals surface area (Å²) >= 11 is 0. The predicted octanol–water partition coefficient (Wildman–Crippen LogP) is 3.50. The van der Waals surface area contributed by atoms with Gasteiger partial charge in [-0.25, -0.2) is 0 Å². The Morgan fingerprint density at radius 3 is 2.71 bits per heavy atom. The summed E-state index contributed by atoms with van der Waals surface area (Å²) in [5.74, 6) is 0. The van der Waals surface area contributed by atoms with Crippen LogP contribution in [0.1, 0.15) is 17.5 Å². The summed E-state index contributed by atoms with van der Waals surface area (Å²) in [6.45, 7) is 0. The van der Waals surface area contributed by atoms with Crippen LogP contribution in [0.15, 0.2) is 54.7 Å². The normalized spacial score (nSPS) is 24.0. The number of rotatable bonds is 1. The van der Waals surface area contributed by atoms with E-state index in [1.165, 1.54) is 29.5 Å². The van der Waals surface area contributed by atoms with Crippen molar-refractivity contribution in [1.82, 2.24) is 4.98 Å². The third-order valence-corrected chi connectivity index (χ3v) is 4.01. The summed E-state index contributed by atoms with van der Waals surface area (Å²) in [6, 6.07) is 12.7. The number of fused-ring (bicyclic) bond motifs is 2. The largest absolute Gasteiger partial charge is 0.256 e. The second-order valence-corrected chi connectivity index (χ2v) is 4.99. The standard InChI is InChI=1S/C16H13N/c1-2-10-17-14(7-1)13-6-3-5-12-11-16(15(12)13)8-4-9-16/h1-8,10H,9,11H2. The van der Waals surface area contributed by atoms with Crippen LogP contribution in [0.25, 0.3) is 11.3 Å². The molecule has 0 saturated heterocycles. The summed E-state index contributed by atoms with van der Waals surface area (Å²) in [5.41, 5.74) is 5.78. The maximum Gasteiger partial charge on any atom is 0.0705 e. The van der Waals surface area contributed by atoms with Crippen LogP contribution in [-0.4, -0.2) is 4.98 Å². The third-order valence-electron chi connectivity index (χ3n) is 4.01. The molecule has 1 atom stereocenters. The first-order chi connectivity index (χ1) is 8.39. The summed E-state index contributed by atoms with van der Waals surface area (Å²) in [5, 5.41) is 0. The maximum atomic E-state index is 4.48. The molecule has 17 heavy (non-hydrogen) atoms. The van der Waals surface area contributed by atoms with Crippen molar-refractivity contribution in [3.05, 3.63) is 65.9 Å². The minimum absolute atomic E-state index is 0.351. The molecule has 0 saturated carbocycles. The Labute approximate surface area is 101 Å². The zero-order chi connectivity index (χ0) is 11.3. The number of pyridine rings is 1. The second-order valence-electron chi connectivity index (χ2n) is 4.99. The number of allylic oxidation sites excluding steroid dienone is 2. The highest BCUT2D eigenvalue weighted by Gasteiger charge is 2.45. The van der Waals surface area contributed by atoms with Crippen molar-refractivity contribution >= 4 is 0 Å². The molecule has 0 radical (unpaired) electrons. The quantitative estimate of drug-likeness (QED) is 0.669. The van der Waals surface area contributed by atoms with Crippen LogP contribution in [0.5, 0.6) is 0 Å². The van der Waals surface area contributed by atoms with Gasteiger partial charge in [-0.05, 0) is 36.1 Å². The lowest BCUT2D eigenvalue weighted by Gasteiger charge is -2.47. The predicted molar refractivity (Wildman–Crippen MR) is 68.8 cm³/mol. The van der Waals surface area contributed by atoms with E-state index in [4.69, 9.17) is 0 Å². The highest BCUT2D eigenvalue weighted by Crippen LogP contribution is 2.53. The molecular formula is C16H13N. The van der Waals surface area contributed by atoms with E-state index >= 15 is 0 Å². The Morgan fingerprint density at radius 2 is 2.00 bits per heavy atom. The molecule has 1 aromatic carbocycles. The average Bonchev–Trinajstić information content (AvgIpc) is 2.29. The molecule has 0 aliphatic heterocycles. The van der Waals surface area contributed by atoms with E-state index in [-0.39, 0.29) is 0 Å². The molecule has 1 spiro atoms. The van der Waals surface area contributed by atoms with E-state index in [0.717, 1.165) is 5.69 Å². The molecule has 0 bridgehead atoms. The lowest BCUT2D eigenvalue weighted by molar-refractivity contribution is 0.435. The van der Waals surface area contributed by atoms with Crippen LogP contribution in [0, 0.1) is 0 Å². The first-order valence-corrected chi connectivity index (χ1v) is 6.11. The molecule has 1 nitrogen and oxygen atoms in total. The molecule has 4 rings (SSSR count). The molecule has 82 valence electrons. The van der Waals surface area contributed by atoms with Crippen LogP contribution in [0.2, 0.25) is 0 Å². The van der Waals surface area contributed by atoms with Crippen LogP contribution < -0.4 is 0 Å². The van der Waals surface area contributed by atoms with Crippen LogP contribution in [-0.2, 0) is 11.8 Å². The van der Waals surface area contributed by atoms with Crippen molar-refractivity contribution in [3.63, 3.8) is 0 Å². The van der Waals surface area contributed by atoms with Gasteiger partial charge in [0.25, 0.3) is 0 Å². The number of hydrogen-bond acceptors (Lipinski definition) is 1. The molecule has 0 N–H and O–H groups in total. The minimum atomic E-state index is 0.351. The van der Waals surface area contributed by atoms with Gasteiger partial charge in [-0.2, -0.15) is 0 Å². The fourth-order valence-corrected chi connectivity index (χ4v) is 3.11. The zero-order valence-corrected chi connectivity index (χ0v) is 9.56. The second kappa shape index (κ2) is 3.07. The van der Waals surface area contributed by atoms with Gasteiger partial charge in [-0.1, -0.05) is 36.4 Å². The number of aromatic nitrogens is 1. The fraction of sp³-hybridized carbons (Fsp3) is 0.188. The van der Waals surface area contributed by atoms with E-state index in [0.29, 0.717) is 5.41 Å². The topological polar surface area (TPSA) is 12.9 Å². The fourth-order valence-electron chi connectivity index (χ4n) is 3.11. The van der Waals surface area contributed by atoms with Crippen molar-refractivity contribution in [2.75, 3.05) is 0 Å². The van der Waals surface area contributed by atoms with Gasteiger partial charge in [0.1, 0.15) is 0 Å². The van der Waals surface area contributed by atoms with Crippen LogP contribution in [0.3, 0.4) is 0 Å². The molecule has 2 aromatic rings. The molecule has 2 aliphatic carbocycles. The zero-order valence-electron chi connectivity index (χ0n) is 9.56. The number of nitrogens with zero attached hydrogens (tertiary/aromatic N) is 1. The Hall–Kier alpha value is -1.89. The van der Waals surface area contributed by atoms with Gasteiger partial charge >= 0.3 is 0 Å². The van der Waals surface area contributed by atoms with Gasteiger partial charge < -0.3 is 0 Å². The lowest BCUT2D eigenvalue weighted by Crippen LogP contribution is -2.41. The Balaban J connectivity index is 1.94. The molecule has 0 fully saturated rings. The Kier molecular flexibility index (Phi) is 1.66. The van der Waals surface area contributed by atoms with E-state index in [9.17, 15) is 0 Å². The Morgan fingerprint density at radius 1 is 1.06 bits per heavy atom. The summed E-state index contributed by atoms with van der Waals surface area (Å²) in [6.07, 6.45) is 8.92. The van der Waals surface area contributed by atoms with Gasteiger partial charge in [0.15, 0.2) is 0 Å². The monoisotopic (exact) mass is 219 g/mol. The van der Waals surface area contributed by atoms with Gasteiger partial charge in [0, 0.05) is 17.2 Å². The average molecular weight is 219 g/mol. The molecule has 1 aromatic heterocycles. The SMILES string of the molecule is C1=CC2(C1)Cc1cccc(-c3ccccn3)c12. The summed E-state index contributed by atoms with van der Waals surface area (Å²) in [7, 11) is 0. The van der Waals surface area contributed by atoms with E-state index < -0.39 is 0 Å². The van der Waals surface area contributed by atoms with Gasteiger partial charge in [-0.3, -0.25) is 4.98 Å². The van der Waals surface area contributed by atoms with Crippen molar-refractivity contribution in [1.29, 1.82) is 0 Å². The molecule has 1 heteroatoms. The molecule has 1 unspecified atom stereocenters. The summed E-state index contributed by atoms with van der Waals surface area (Å²) in [4.78, 5) is 4.48. The maximum absolute atomic E-state index is 4.48. The van der Waals surface area contributed by atoms with E-state index in [2.05, 4.69) is 47.5 Å². The molecular weight excluding hydrogens is 206 g/mol.